The summed E-state index contributed by atoms with van der Waals surface area (Å²) in [5.41, 5.74) is 1.38. The van der Waals surface area contributed by atoms with Gasteiger partial charge in [-0.05, 0) is 43.4 Å². The van der Waals surface area contributed by atoms with Gasteiger partial charge in [0.15, 0.2) is 0 Å². The second-order valence-electron chi connectivity index (χ2n) is 9.77. The average Bonchev–Trinajstić information content (AvgIpc) is 2.93. The van der Waals surface area contributed by atoms with Crippen molar-refractivity contribution < 1.29 is 22.7 Å². The lowest BCUT2D eigenvalue weighted by Gasteiger charge is -2.41. The van der Waals surface area contributed by atoms with E-state index in [9.17, 15) is 13.2 Å². The van der Waals surface area contributed by atoms with E-state index in [2.05, 4.69) is 31.8 Å². The molecule has 0 unspecified atom stereocenters. The predicted octanol–water partition coefficient (Wildman–Crippen LogP) is 2.06. The number of rotatable bonds is 11. The van der Waals surface area contributed by atoms with Crippen LogP contribution in [0.1, 0.15) is 41.6 Å². The van der Waals surface area contributed by atoms with Crippen LogP contribution in [0.25, 0.3) is 0 Å². The summed E-state index contributed by atoms with van der Waals surface area (Å²) in [6.45, 7) is 4.53. The smallest absolute Gasteiger partial charge is 0.277 e. The van der Waals surface area contributed by atoms with Crippen molar-refractivity contribution in [3.05, 3.63) is 65.7 Å². The first-order valence-electron chi connectivity index (χ1n) is 12.9. The minimum absolute atomic E-state index is 0.150. The first kappa shape index (κ1) is 27.5. The number of ether oxygens (including phenoxy) is 2. The molecule has 1 heterocycles. The Morgan fingerprint density at radius 3 is 2.43 bits per heavy atom. The highest BCUT2D eigenvalue weighted by Crippen LogP contribution is 2.39. The number of carbonyl (C=O) groups is 1. The summed E-state index contributed by atoms with van der Waals surface area (Å²) < 4.78 is 41.6. The second kappa shape index (κ2) is 12.8. The standard InChI is InChI=1S/C27H38N4O5S/c1-35-25-10-6-5-9-24(25)26(32)28-21-27(22-7-3-2-4-8-22)13-11-23(12-14-27)30-37(33,34)29-15-16-31-17-19-36-20-18-31/h2-10,23,29-30H,11-21H2,1H3,(H,28,32). The van der Waals surface area contributed by atoms with Crippen LogP contribution in [0, 0.1) is 0 Å². The number of amides is 1. The average molecular weight is 531 g/mol. The van der Waals surface area contributed by atoms with Crippen LogP contribution in [0.3, 0.4) is 0 Å². The van der Waals surface area contributed by atoms with Crippen molar-refractivity contribution in [2.45, 2.75) is 37.1 Å². The molecule has 3 N–H and O–H groups in total. The molecule has 2 aliphatic rings. The summed E-state index contributed by atoms with van der Waals surface area (Å²) in [6.07, 6.45) is 2.88. The van der Waals surface area contributed by atoms with Crippen molar-refractivity contribution in [1.82, 2.24) is 19.7 Å². The normalized spacial score (nSPS) is 22.9. The number of benzene rings is 2. The van der Waals surface area contributed by atoms with Gasteiger partial charge >= 0.3 is 0 Å². The molecule has 0 radical (unpaired) electrons. The number of nitrogens with one attached hydrogen (secondary N) is 3. The second-order valence-corrected chi connectivity index (χ2v) is 11.3. The number of nitrogens with zero attached hydrogens (tertiary/aromatic N) is 1. The SMILES string of the molecule is COc1ccccc1C(=O)NCC1(c2ccccc2)CCC(NS(=O)(=O)NCCN2CCOCC2)CC1. The number of para-hydroxylation sites is 1. The molecule has 1 aliphatic carbocycles. The molecule has 1 saturated carbocycles. The Morgan fingerprint density at radius 2 is 1.73 bits per heavy atom. The topological polar surface area (TPSA) is 109 Å². The maximum atomic E-state index is 13.0. The van der Waals surface area contributed by atoms with Gasteiger partial charge in [-0.2, -0.15) is 13.1 Å². The zero-order valence-electron chi connectivity index (χ0n) is 21.4. The van der Waals surface area contributed by atoms with E-state index in [0.29, 0.717) is 57.0 Å². The molecule has 0 atom stereocenters. The predicted molar refractivity (Wildman–Crippen MR) is 143 cm³/mol. The zero-order valence-corrected chi connectivity index (χ0v) is 22.3. The molecule has 4 rings (SSSR count). The first-order valence-corrected chi connectivity index (χ1v) is 14.4. The largest absolute Gasteiger partial charge is 0.496 e. The lowest BCUT2D eigenvalue weighted by molar-refractivity contribution is 0.0390. The Bertz CT molecular complexity index is 1110. The van der Waals surface area contributed by atoms with Gasteiger partial charge in [-0.25, -0.2) is 4.72 Å². The summed E-state index contributed by atoms with van der Waals surface area (Å²) in [5.74, 6) is 0.355. The van der Waals surface area contributed by atoms with E-state index >= 15 is 0 Å². The lowest BCUT2D eigenvalue weighted by Crippen LogP contribution is -2.50. The Morgan fingerprint density at radius 1 is 1.05 bits per heavy atom. The highest BCUT2D eigenvalue weighted by molar-refractivity contribution is 7.87. The van der Waals surface area contributed by atoms with Crippen molar-refractivity contribution >= 4 is 16.1 Å². The molecule has 1 amide bonds. The van der Waals surface area contributed by atoms with Crippen molar-refractivity contribution in [2.24, 2.45) is 0 Å². The molecular formula is C27H38N4O5S. The molecule has 202 valence electrons. The first-order chi connectivity index (χ1) is 17.9. The molecule has 1 saturated heterocycles. The fraction of sp³-hybridized carbons (Fsp3) is 0.519. The maximum absolute atomic E-state index is 13.0. The quantitative estimate of drug-likeness (QED) is 0.411. The molecule has 0 bridgehead atoms. The molecule has 2 aromatic carbocycles. The van der Waals surface area contributed by atoms with Gasteiger partial charge in [0.1, 0.15) is 5.75 Å². The number of hydrogen-bond acceptors (Lipinski definition) is 6. The van der Waals surface area contributed by atoms with Crippen LogP contribution in [-0.4, -0.2) is 78.3 Å². The van der Waals surface area contributed by atoms with E-state index < -0.39 is 10.2 Å². The summed E-state index contributed by atoms with van der Waals surface area (Å²) in [5, 5.41) is 3.12. The van der Waals surface area contributed by atoms with E-state index in [0.717, 1.165) is 31.5 Å². The van der Waals surface area contributed by atoms with Crippen molar-refractivity contribution in [3.8, 4) is 5.75 Å². The van der Waals surface area contributed by atoms with Crippen LogP contribution in [-0.2, 0) is 20.4 Å². The monoisotopic (exact) mass is 530 g/mol. The molecule has 2 aromatic rings. The van der Waals surface area contributed by atoms with E-state index in [4.69, 9.17) is 9.47 Å². The number of methoxy groups -OCH3 is 1. The minimum atomic E-state index is -3.59. The summed E-state index contributed by atoms with van der Waals surface area (Å²) in [6, 6.07) is 17.2. The minimum Gasteiger partial charge on any atom is -0.496 e. The Labute approximate surface area is 220 Å². The van der Waals surface area contributed by atoms with Crippen LogP contribution >= 0.6 is 0 Å². The third kappa shape index (κ3) is 7.52. The van der Waals surface area contributed by atoms with Gasteiger partial charge < -0.3 is 14.8 Å². The Kier molecular flexibility index (Phi) is 9.55. The van der Waals surface area contributed by atoms with E-state index in [1.54, 1.807) is 19.2 Å². The lowest BCUT2D eigenvalue weighted by atomic mass is 9.68. The van der Waals surface area contributed by atoms with Crippen molar-refractivity contribution in [3.63, 3.8) is 0 Å². The highest BCUT2D eigenvalue weighted by Gasteiger charge is 2.38. The third-order valence-corrected chi connectivity index (χ3v) is 8.64. The van der Waals surface area contributed by atoms with E-state index in [1.807, 2.05) is 30.3 Å². The van der Waals surface area contributed by atoms with Crippen LogP contribution in [0.2, 0.25) is 0 Å². The van der Waals surface area contributed by atoms with Crippen molar-refractivity contribution in [2.75, 3.05) is 53.0 Å². The number of carbonyl (C=O) groups excluding carboxylic acids is 1. The molecule has 2 fully saturated rings. The van der Waals surface area contributed by atoms with Crippen LogP contribution in [0.4, 0.5) is 0 Å². The van der Waals surface area contributed by atoms with Gasteiger partial charge in [0.05, 0.1) is 25.9 Å². The Hall–Kier alpha value is -2.50. The summed E-state index contributed by atoms with van der Waals surface area (Å²) in [4.78, 5) is 15.2. The molecule has 9 nitrogen and oxygen atoms in total. The number of hydrogen-bond donors (Lipinski definition) is 3. The van der Waals surface area contributed by atoms with Gasteiger partial charge in [-0.3, -0.25) is 9.69 Å². The van der Waals surface area contributed by atoms with Gasteiger partial charge in [-0.15, -0.1) is 0 Å². The van der Waals surface area contributed by atoms with Gasteiger partial charge in [0, 0.05) is 44.2 Å². The van der Waals surface area contributed by atoms with E-state index in [-0.39, 0.29) is 17.4 Å². The molecule has 0 spiro atoms. The van der Waals surface area contributed by atoms with Gasteiger partial charge in [0.2, 0.25) is 0 Å². The molecule has 0 aromatic heterocycles. The van der Waals surface area contributed by atoms with Crippen LogP contribution < -0.4 is 19.5 Å². The van der Waals surface area contributed by atoms with Gasteiger partial charge in [-0.1, -0.05) is 42.5 Å². The van der Waals surface area contributed by atoms with Crippen LogP contribution in [0.5, 0.6) is 5.75 Å². The van der Waals surface area contributed by atoms with Gasteiger partial charge in [0.25, 0.3) is 16.1 Å². The molecule has 1 aliphatic heterocycles. The van der Waals surface area contributed by atoms with Crippen LogP contribution in [0.15, 0.2) is 54.6 Å². The molecule has 10 heteroatoms. The zero-order chi connectivity index (χ0) is 26.1. The third-order valence-electron chi connectivity index (χ3n) is 7.41. The Balaban J connectivity index is 1.35. The summed E-state index contributed by atoms with van der Waals surface area (Å²) in [7, 11) is -2.04. The molecular weight excluding hydrogens is 492 g/mol. The van der Waals surface area contributed by atoms with Crippen molar-refractivity contribution in [1.29, 1.82) is 0 Å². The molecule has 37 heavy (non-hydrogen) atoms. The highest BCUT2D eigenvalue weighted by atomic mass is 32.2. The fourth-order valence-corrected chi connectivity index (χ4v) is 6.37. The maximum Gasteiger partial charge on any atom is 0.277 e. The number of morpholine rings is 1. The van der Waals surface area contributed by atoms with E-state index in [1.165, 1.54) is 0 Å². The fourth-order valence-electron chi connectivity index (χ4n) is 5.25. The summed E-state index contributed by atoms with van der Waals surface area (Å²) >= 11 is 0.